The minimum Gasteiger partial charge on any atom is -0.255 e. The molecule has 1 aliphatic heterocycles. The first-order valence-electron chi connectivity index (χ1n) is 2.92. The number of nitrogens with zero attached hydrogens (tertiary/aromatic N) is 1. The quantitative estimate of drug-likeness (QED) is 0.510. The first kappa shape index (κ1) is 5.06. The maximum atomic E-state index is 3.24. The average Bonchev–Trinajstić information content (AvgIpc) is 2.42. The van der Waals surface area contributed by atoms with Gasteiger partial charge in [-0.15, -0.1) is 0 Å². The predicted molar refractivity (Wildman–Crippen MR) is 29.9 cm³/mol. The van der Waals surface area contributed by atoms with Crippen LogP contribution in [0.25, 0.3) is 0 Å². The van der Waals surface area contributed by atoms with Crippen molar-refractivity contribution in [1.82, 2.24) is 10.4 Å². The molecular weight excluding hydrogens is 88.1 g/mol. The molecule has 1 fully saturated rings. The molecule has 0 spiro atoms. The van der Waals surface area contributed by atoms with Crippen molar-refractivity contribution in [2.45, 2.75) is 13.3 Å². The summed E-state index contributed by atoms with van der Waals surface area (Å²) in [6, 6.07) is 0. The van der Waals surface area contributed by atoms with Crippen molar-refractivity contribution in [3.8, 4) is 0 Å². The van der Waals surface area contributed by atoms with Crippen molar-refractivity contribution in [3.63, 3.8) is 0 Å². The molecule has 1 aliphatic rings. The summed E-state index contributed by atoms with van der Waals surface area (Å²) < 4.78 is 0. The lowest BCUT2D eigenvalue weighted by atomic mass is 10.5. The van der Waals surface area contributed by atoms with Crippen molar-refractivity contribution in [3.05, 3.63) is 0 Å². The molecular formula is C5H12N2. The Labute approximate surface area is 44.5 Å². The van der Waals surface area contributed by atoms with Crippen molar-refractivity contribution >= 4 is 0 Å². The minimum atomic E-state index is 1.14. The zero-order valence-electron chi connectivity index (χ0n) is 4.78. The van der Waals surface area contributed by atoms with Crippen molar-refractivity contribution < 1.29 is 0 Å². The van der Waals surface area contributed by atoms with Crippen LogP contribution in [0.4, 0.5) is 0 Å². The zero-order valence-corrected chi connectivity index (χ0v) is 4.78. The lowest BCUT2D eigenvalue weighted by Gasteiger charge is -1.97. The Bertz CT molecular complexity index is 50.0. The monoisotopic (exact) mass is 100 g/mol. The molecule has 2 heteroatoms. The van der Waals surface area contributed by atoms with E-state index in [4.69, 9.17) is 0 Å². The third-order valence-electron chi connectivity index (χ3n) is 1.03. The molecule has 0 unspecified atom stereocenters. The molecule has 0 aromatic rings. The van der Waals surface area contributed by atoms with Crippen molar-refractivity contribution in [2.24, 2.45) is 0 Å². The second-order valence-electron chi connectivity index (χ2n) is 1.90. The van der Waals surface area contributed by atoms with Gasteiger partial charge in [-0.2, -0.15) is 0 Å². The summed E-state index contributed by atoms with van der Waals surface area (Å²) in [6.07, 6.45) is 1.23. The van der Waals surface area contributed by atoms with E-state index < -0.39 is 0 Å². The maximum absolute atomic E-state index is 3.24. The fraction of sp³-hybridized carbons (Fsp3) is 1.00. The lowest BCUT2D eigenvalue weighted by molar-refractivity contribution is 0.404. The van der Waals surface area contributed by atoms with E-state index in [9.17, 15) is 0 Å². The molecule has 0 aromatic carbocycles. The smallest absolute Gasteiger partial charge is 0.0273 e. The van der Waals surface area contributed by atoms with E-state index in [1.165, 1.54) is 19.5 Å². The first-order valence-corrected chi connectivity index (χ1v) is 2.92. The molecule has 0 amide bonds. The van der Waals surface area contributed by atoms with E-state index in [1.54, 1.807) is 0 Å². The van der Waals surface area contributed by atoms with Crippen LogP contribution in [0.2, 0.25) is 0 Å². The second-order valence-corrected chi connectivity index (χ2v) is 1.90. The van der Waals surface area contributed by atoms with Gasteiger partial charge in [0.25, 0.3) is 0 Å². The van der Waals surface area contributed by atoms with Gasteiger partial charge in [-0.1, -0.05) is 6.92 Å². The topological polar surface area (TPSA) is 15.0 Å². The highest BCUT2D eigenvalue weighted by atomic mass is 15.6. The molecule has 0 atom stereocenters. The van der Waals surface area contributed by atoms with Gasteiger partial charge >= 0.3 is 0 Å². The minimum absolute atomic E-state index is 1.14. The normalized spacial score (nSPS) is 20.1. The van der Waals surface area contributed by atoms with Crippen LogP contribution in [0.15, 0.2) is 0 Å². The molecule has 0 radical (unpaired) electrons. The molecule has 0 aromatic heterocycles. The summed E-state index contributed by atoms with van der Waals surface area (Å²) in [7, 11) is 0. The lowest BCUT2D eigenvalue weighted by Crippen LogP contribution is -2.20. The number of rotatable bonds is 3. The maximum Gasteiger partial charge on any atom is 0.0273 e. The highest BCUT2D eigenvalue weighted by Gasteiger charge is 2.14. The number of hydrogen-bond acceptors (Lipinski definition) is 2. The summed E-state index contributed by atoms with van der Waals surface area (Å²) in [5.41, 5.74) is 3.24. The molecule has 1 heterocycles. The number of hydrogen-bond donors (Lipinski definition) is 1. The van der Waals surface area contributed by atoms with Gasteiger partial charge in [0, 0.05) is 19.6 Å². The van der Waals surface area contributed by atoms with E-state index in [2.05, 4.69) is 17.4 Å². The van der Waals surface area contributed by atoms with Crippen LogP contribution in [0, 0.1) is 0 Å². The van der Waals surface area contributed by atoms with E-state index in [0.717, 1.165) is 6.54 Å². The summed E-state index contributed by atoms with van der Waals surface area (Å²) in [5.74, 6) is 0. The van der Waals surface area contributed by atoms with Crippen molar-refractivity contribution in [1.29, 1.82) is 0 Å². The van der Waals surface area contributed by atoms with E-state index in [-0.39, 0.29) is 0 Å². The molecule has 7 heavy (non-hydrogen) atoms. The van der Waals surface area contributed by atoms with Crippen LogP contribution in [-0.4, -0.2) is 24.6 Å². The van der Waals surface area contributed by atoms with E-state index in [1.807, 2.05) is 0 Å². The second kappa shape index (κ2) is 2.28. The SMILES string of the molecule is CCCNN1CC1. The zero-order chi connectivity index (χ0) is 5.11. The fourth-order valence-corrected chi connectivity index (χ4v) is 0.478. The Morgan fingerprint density at radius 2 is 2.29 bits per heavy atom. The Hall–Kier alpha value is -0.0800. The Kier molecular flexibility index (Phi) is 1.65. The highest BCUT2D eigenvalue weighted by molar-refractivity contribution is 4.65. The third kappa shape index (κ3) is 1.90. The third-order valence-corrected chi connectivity index (χ3v) is 1.03. The predicted octanol–water partition coefficient (Wildman–Crippen LogP) is 0.217. The fourth-order valence-electron chi connectivity index (χ4n) is 0.478. The van der Waals surface area contributed by atoms with Crippen LogP contribution < -0.4 is 5.43 Å². The molecule has 1 N–H and O–H groups in total. The molecule has 1 rings (SSSR count). The van der Waals surface area contributed by atoms with Gasteiger partial charge in [0.1, 0.15) is 0 Å². The Morgan fingerprint density at radius 3 is 2.71 bits per heavy atom. The van der Waals surface area contributed by atoms with Gasteiger partial charge in [0.15, 0.2) is 0 Å². The van der Waals surface area contributed by atoms with E-state index in [0.29, 0.717) is 0 Å². The summed E-state index contributed by atoms with van der Waals surface area (Å²) in [5, 5.41) is 2.21. The van der Waals surface area contributed by atoms with Crippen LogP contribution in [0.3, 0.4) is 0 Å². The molecule has 1 saturated heterocycles. The largest absolute Gasteiger partial charge is 0.255 e. The van der Waals surface area contributed by atoms with Crippen LogP contribution in [0.1, 0.15) is 13.3 Å². The van der Waals surface area contributed by atoms with Gasteiger partial charge in [-0.3, -0.25) is 5.43 Å². The van der Waals surface area contributed by atoms with Gasteiger partial charge in [-0.05, 0) is 6.42 Å². The summed E-state index contributed by atoms with van der Waals surface area (Å²) >= 11 is 0. The Morgan fingerprint density at radius 1 is 1.57 bits per heavy atom. The molecule has 2 nitrogen and oxygen atoms in total. The Balaban J connectivity index is 1.80. The van der Waals surface area contributed by atoms with Crippen LogP contribution >= 0.6 is 0 Å². The molecule has 42 valence electrons. The van der Waals surface area contributed by atoms with Crippen LogP contribution in [0.5, 0.6) is 0 Å². The van der Waals surface area contributed by atoms with Gasteiger partial charge < -0.3 is 0 Å². The summed E-state index contributed by atoms with van der Waals surface area (Å²) in [6.45, 7) is 5.82. The van der Waals surface area contributed by atoms with Crippen LogP contribution in [-0.2, 0) is 0 Å². The standard InChI is InChI=1S/C5H12N2/c1-2-3-6-7-4-5-7/h6H,2-5H2,1H3. The highest BCUT2D eigenvalue weighted by Crippen LogP contribution is 1.95. The van der Waals surface area contributed by atoms with E-state index >= 15 is 0 Å². The van der Waals surface area contributed by atoms with Gasteiger partial charge in [0.05, 0.1) is 0 Å². The molecule has 0 aliphatic carbocycles. The average molecular weight is 100 g/mol. The molecule has 0 saturated carbocycles. The van der Waals surface area contributed by atoms with Gasteiger partial charge in [-0.25, -0.2) is 5.01 Å². The first-order chi connectivity index (χ1) is 3.43. The number of hydrazine groups is 1. The number of nitrogens with one attached hydrogen (secondary N) is 1. The van der Waals surface area contributed by atoms with Gasteiger partial charge in [0.2, 0.25) is 0 Å². The molecule has 0 bridgehead atoms. The summed E-state index contributed by atoms with van der Waals surface area (Å²) in [4.78, 5) is 0. The van der Waals surface area contributed by atoms with Crippen molar-refractivity contribution in [2.75, 3.05) is 19.6 Å².